The Hall–Kier alpha value is -3.35. The van der Waals surface area contributed by atoms with Crippen LogP contribution in [-0.2, 0) is 4.79 Å². The lowest BCUT2D eigenvalue weighted by Crippen LogP contribution is -2.24. The molecule has 0 aliphatic carbocycles. The standard InChI is InChI=1S/C21H21N3O4/c1-13-4-6-14(7-5-13)20-22-21(28-23-20)15-10-19(25)24(12-15)17-9-8-16(26-2)11-18(17)27-3/h4-9,11,15H,10,12H2,1-3H3/t15-/m1/s1. The van der Waals surface area contributed by atoms with Crippen molar-refractivity contribution in [1.29, 1.82) is 0 Å². The molecule has 0 saturated carbocycles. The van der Waals surface area contributed by atoms with Crippen molar-refractivity contribution >= 4 is 11.6 Å². The highest BCUT2D eigenvalue weighted by atomic mass is 16.5. The Morgan fingerprint density at radius 2 is 1.89 bits per heavy atom. The molecule has 0 radical (unpaired) electrons. The Balaban J connectivity index is 1.56. The maximum absolute atomic E-state index is 12.6. The number of anilines is 1. The molecule has 0 spiro atoms. The van der Waals surface area contributed by atoms with Crippen LogP contribution in [-0.4, -0.2) is 36.8 Å². The van der Waals surface area contributed by atoms with Crippen LogP contribution in [0, 0.1) is 6.92 Å². The van der Waals surface area contributed by atoms with Gasteiger partial charge in [-0.3, -0.25) is 4.79 Å². The minimum atomic E-state index is -0.161. The Morgan fingerprint density at radius 1 is 1.11 bits per heavy atom. The first-order chi connectivity index (χ1) is 13.6. The summed E-state index contributed by atoms with van der Waals surface area (Å²) >= 11 is 0. The van der Waals surface area contributed by atoms with Crippen molar-refractivity contribution in [2.45, 2.75) is 19.3 Å². The Kier molecular flexibility index (Phi) is 4.73. The van der Waals surface area contributed by atoms with Crippen LogP contribution in [0.3, 0.4) is 0 Å². The second kappa shape index (κ2) is 7.34. The quantitative estimate of drug-likeness (QED) is 0.674. The zero-order valence-electron chi connectivity index (χ0n) is 16.0. The molecule has 2 aromatic carbocycles. The molecule has 1 aromatic heterocycles. The number of methoxy groups -OCH3 is 2. The first-order valence-corrected chi connectivity index (χ1v) is 9.02. The molecule has 28 heavy (non-hydrogen) atoms. The molecule has 1 saturated heterocycles. The molecule has 2 heterocycles. The summed E-state index contributed by atoms with van der Waals surface area (Å²) in [6.07, 6.45) is 0.310. The van der Waals surface area contributed by atoms with Gasteiger partial charge in [-0.1, -0.05) is 35.0 Å². The van der Waals surface area contributed by atoms with Crippen molar-refractivity contribution in [2.24, 2.45) is 0 Å². The molecular formula is C21H21N3O4. The predicted molar refractivity (Wildman–Crippen MR) is 104 cm³/mol. The van der Waals surface area contributed by atoms with E-state index in [1.165, 1.54) is 0 Å². The topological polar surface area (TPSA) is 77.7 Å². The summed E-state index contributed by atoms with van der Waals surface area (Å²) in [5, 5.41) is 4.08. The maximum atomic E-state index is 12.6. The number of aromatic nitrogens is 2. The second-order valence-corrected chi connectivity index (χ2v) is 6.77. The van der Waals surface area contributed by atoms with Crippen molar-refractivity contribution in [3.05, 3.63) is 53.9 Å². The summed E-state index contributed by atoms with van der Waals surface area (Å²) in [5.74, 6) is 2.08. The minimum Gasteiger partial charge on any atom is -0.497 e. The van der Waals surface area contributed by atoms with E-state index in [-0.39, 0.29) is 11.8 Å². The summed E-state index contributed by atoms with van der Waals surface area (Å²) in [4.78, 5) is 18.9. The predicted octanol–water partition coefficient (Wildman–Crippen LogP) is 3.58. The van der Waals surface area contributed by atoms with Crippen LogP contribution < -0.4 is 14.4 Å². The molecule has 0 unspecified atom stereocenters. The Bertz CT molecular complexity index is 997. The fraction of sp³-hybridized carbons (Fsp3) is 0.286. The number of amides is 1. The van der Waals surface area contributed by atoms with E-state index in [4.69, 9.17) is 14.0 Å². The molecule has 7 nitrogen and oxygen atoms in total. The van der Waals surface area contributed by atoms with Gasteiger partial charge in [0.1, 0.15) is 11.5 Å². The van der Waals surface area contributed by atoms with Gasteiger partial charge in [0.05, 0.1) is 25.8 Å². The van der Waals surface area contributed by atoms with Gasteiger partial charge in [-0.25, -0.2) is 0 Å². The molecule has 0 bridgehead atoms. The van der Waals surface area contributed by atoms with E-state index in [2.05, 4.69) is 10.1 Å². The number of benzene rings is 2. The van der Waals surface area contributed by atoms with Crippen molar-refractivity contribution in [3.8, 4) is 22.9 Å². The fourth-order valence-corrected chi connectivity index (χ4v) is 3.33. The third-order valence-corrected chi connectivity index (χ3v) is 4.90. The van der Waals surface area contributed by atoms with E-state index in [9.17, 15) is 4.79 Å². The molecule has 1 fully saturated rings. The largest absolute Gasteiger partial charge is 0.497 e. The molecule has 1 aliphatic rings. The first kappa shape index (κ1) is 18.0. The van der Waals surface area contributed by atoms with Gasteiger partial charge >= 0.3 is 0 Å². The number of ether oxygens (including phenoxy) is 2. The molecule has 1 aliphatic heterocycles. The van der Waals surface area contributed by atoms with E-state index < -0.39 is 0 Å². The van der Waals surface area contributed by atoms with Gasteiger partial charge in [0.25, 0.3) is 0 Å². The third kappa shape index (κ3) is 3.31. The molecule has 7 heteroatoms. The molecular weight excluding hydrogens is 358 g/mol. The fourth-order valence-electron chi connectivity index (χ4n) is 3.33. The maximum Gasteiger partial charge on any atom is 0.232 e. The van der Waals surface area contributed by atoms with Gasteiger partial charge in [0.2, 0.25) is 17.6 Å². The van der Waals surface area contributed by atoms with Gasteiger partial charge in [-0.2, -0.15) is 4.98 Å². The van der Waals surface area contributed by atoms with Gasteiger partial charge in [-0.15, -0.1) is 0 Å². The minimum absolute atomic E-state index is 0.0106. The number of aryl methyl sites for hydroxylation is 1. The van der Waals surface area contributed by atoms with Gasteiger partial charge < -0.3 is 18.9 Å². The highest BCUT2D eigenvalue weighted by molar-refractivity contribution is 5.97. The number of hydrogen-bond acceptors (Lipinski definition) is 6. The van der Waals surface area contributed by atoms with E-state index in [1.54, 1.807) is 31.3 Å². The van der Waals surface area contributed by atoms with Crippen molar-refractivity contribution < 1.29 is 18.8 Å². The van der Waals surface area contributed by atoms with Crippen molar-refractivity contribution in [3.63, 3.8) is 0 Å². The number of rotatable bonds is 5. The highest BCUT2D eigenvalue weighted by Crippen LogP contribution is 2.38. The average molecular weight is 379 g/mol. The molecule has 4 rings (SSSR count). The van der Waals surface area contributed by atoms with Crippen LogP contribution in [0.1, 0.15) is 23.8 Å². The molecule has 1 amide bonds. The number of carbonyl (C=O) groups excluding carboxylic acids is 1. The lowest BCUT2D eigenvalue weighted by Gasteiger charge is -2.19. The highest BCUT2D eigenvalue weighted by Gasteiger charge is 2.36. The van der Waals surface area contributed by atoms with E-state index in [0.29, 0.717) is 41.9 Å². The summed E-state index contributed by atoms with van der Waals surface area (Å²) in [6, 6.07) is 13.3. The van der Waals surface area contributed by atoms with E-state index in [0.717, 1.165) is 11.1 Å². The van der Waals surface area contributed by atoms with Crippen molar-refractivity contribution in [2.75, 3.05) is 25.7 Å². The van der Waals surface area contributed by atoms with Gasteiger partial charge in [-0.05, 0) is 19.1 Å². The number of carbonyl (C=O) groups is 1. The van der Waals surface area contributed by atoms with Crippen molar-refractivity contribution in [1.82, 2.24) is 10.1 Å². The van der Waals surface area contributed by atoms with Crippen LogP contribution in [0.2, 0.25) is 0 Å². The van der Waals surface area contributed by atoms with Crippen LogP contribution >= 0.6 is 0 Å². The van der Waals surface area contributed by atoms with E-state index in [1.807, 2.05) is 37.3 Å². The van der Waals surface area contributed by atoms with Crippen LogP contribution in [0.5, 0.6) is 11.5 Å². The Labute approximate surface area is 162 Å². The third-order valence-electron chi connectivity index (χ3n) is 4.90. The van der Waals surface area contributed by atoms with Crippen LogP contribution in [0.4, 0.5) is 5.69 Å². The zero-order chi connectivity index (χ0) is 19.7. The monoisotopic (exact) mass is 379 g/mol. The smallest absolute Gasteiger partial charge is 0.232 e. The summed E-state index contributed by atoms with van der Waals surface area (Å²) in [7, 11) is 3.16. The number of hydrogen-bond donors (Lipinski definition) is 0. The zero-order valence-corrected chi connectivity index (χ0v) is 16.0. The van der Waals surface area contributed by atoms with Crippen LogP contribution in [0.25, 0.3) is 11.4 Å². The van der Waals surface area contributed by atoms with Crippen LogP contribution in [0.15, 0.2) is 47.0 Å². The SMILES string of the molecule is COc1ccc(N2C[C@H](c3nc(-c4ccc(C)cc4)no3)CC2=O)c(OC)c1. The second-order valence-electron chi connectivity index (χ2n) is 6.77. The van der Waals surface area contributed by atoms with Gasteiger partial charge in [0, 0.05) is 24.6 Å². The molecule has 1 atom stereocenters. The molecule has 144 valence electrons. The molecule has 3 aromatic rings. The lowest BCUT2D eigenvalue weighted by molar-refractivity contribution is -0.117. The summed E-state index contributed by atoms with van der Waals surface area (Å²) in [6.45, 7) is 2.48. The number of nitrogens with zero attached hydrogens (tertiary/aromatic N) is 3. The summed E-state index contributed by atoms with van der Waals surface area (Å²) < 4.78 is 16.1. The Morgan fingerprint density at radius 3 is 2.61 bits per heavy atom. The average Bonchev–Trinajstić information content (AvgIpc) is 3.35. The van der Waals surface area contributed by atoms with Gasteiger partial charge in [0.15, 0.2) is 0 Å². The molecule has 0 N–H and O–H groups in total. The first-order valence-electron chi connectivity index (χ1n) is 9.02. The van der Waals surface area contributed by atoms with E-state index >= 15 is 0 Å². The normalized spacial score (nSPS) is 16.5. The summed E-state index contributed by atoms with van der Waals surface area (Å²) in [5.41, 5.74) is 2.76. The lowest BCUT2D eigenvalue weighted by atomic mass is 10.1.